The Labute approximate surface area is 129 Å². The van der Waals surface area contributed by atoms with Crippen LogP contribution in [0.3, 0.4) is 0 Å². The summed E-state index contributed by atoms with van der Waals surface area (Å²) in [4.78, 5) is 19.3. The standard InChI is InChI=1S/C16H18N6/c1-21(2)16-19-11-13(12-20-16)15-18-8-10-22(15)9-6-14-5-3-4-7-17-14/h3-5,7-8,10-12H,6,9H2,1-2H3. The molecule has 0 aliphatic rings. The van der Waals surface area contributed by atoms with Crippen LogP contribution >= 0.6 is 0 Å². The first-order chi connectivity index (χ1) is 10.7. The second-order valence-electron chi connectivity index (χ2n) is 5.18. The molecular weight excluding hydrogens is 276 g/mol. The van der Waals surface area contributed by atoms with Gasteiger partial charge in [0, 0.05) is 63.7 Å². The van der Waals surface area contributed by atoms with Crippen molar-refractivity contribution in [2.45, 2.75) is 13.0 Å². The fraction of sp³-hybridized carbons (Fsp3) is 0.250. The van der Waals surface area contributed by atoms with E-state index < -0.39 is 0 Å². The molecule has 0 aromatic carbocycles. The van der Waals surface area contributed by atoms with Crippen LogP contribution in [0.5, 0.6) is 0 Å². The Kier molecular flexibility index (Phi) is 4.09. The zero-order valence-electron chi connectivity index (χ0n) is 12.7. The third kappa shape index (κ3) is 3.11. The van der Waals surface area contributed by atoms with Crippen molar-refractivity contribution >= 4 is 5.95 Å². The molecule has 3 aromatic heterocycles. The third-order valence-corrected chi connectivity index (χ3v) is 3.35. The number of nitrogens with zero attached hydrogens (tertiary/aromatic N) is 6. The van der Waals surface area contributed by atoms with Crippen molar-refractivity contribution in [2.75, 3.05) is 19.0 Å². The Balaban J connectivity index is 1.77. The molecule has 0 saturated carbocycles. The van der Waals surface area contributed by atoms with Crippen molar-refractivity contribution < 1.29 is 0 Å². The molecule has 0 aliphatic carbocycles. The average molecular weight is 294 g/mol. The van der Waals surface area contributed by atoms with Gasteiger partial charge in [0.25, 0.3) is 0 Å². The van der Waals surface area contributed by atoms with Gasteiger partial charge in [-0.25, -0.2) is 15.0 Å². The zero-order chi connectivity index (χ0) is 15.4. The minimum atomic E-state index is 0.690. The largest absolute Gasteiger partial charge is 0.347 e. The molecule has 3 heterocycles. The van der Waals surface area contributed by atoms with Gasteiger partial charge in [0.2, 0.25) is 5.95 Å². The van der Waals surface area contributed by atoms with Crippen LogP contribution in [-0.4, -0.2) is 38.6 Å². The van der Waals surface area contributed by atoms with E-state index in [1.165, 1.54) is 0 Å². The molecule has 6 nitrogen and oxygen atoms in total. The zero-order valence-corrected chi connectivity index (χ0v) is 12.7. The predicted molar refractivity (Wildman–Crippen MR) is 85.5 cm³/mol. The van der Waals surface area contributed by atoms with Crippen molar-refractivity contribution in [3.8, 4) is 11.4 Å². The smallest absolute Gasteiger partial charge is 0.224 e. The van der Waals surface area contributed by atoms with Crippen molar-refractivity contribution in [3.63, 3.8) is 0 Å². The van der Waals surface area contributed by atoms with Crippen LogP contribution in [0.4, 0.5) is 5.95 Å². The van der Waals surface area contributed by atoms with Crippen LogP contribution < -0.4 is 4.90 Å². The SMILES string of the molecule is CN(C)c1ncc(-c2nccn2CCc2ccccn2)cn1. The third-order valence-electron chi connectivity index (χ3n) is 3.35. The lowest BCUT2D eigenvalue weighted by molar-refractivity contribution is 0.691. The number of aryl methyl sites for hydroxylation is 2. The van der Waals surface area contributed by atoms with Gasteiger partial charge in [0.05, 0.1) is 5.56 Å². The monoisotopic (exact) mass is 294 g/mol. The average Bonchev–Trinajstić information content (AvgIpc) is 3.02. The van der Waals surface area contributed by atoms with Gasteiger partial charge in [-0.2, -0.15) is 0 Å². The molecule has 22 heavy (non-hydrogen) atoms. The normalized spacial score (nSPS) is 10.6. The van der Waals surface area contributed by atoms with E-state index in [1.807, 2.05) is 62.0 Å². The number of imidazole rings is 1. The molecule has 0 N–H and O–H groups in total. The molecule has 112 valence electrons. The summed E-state index contributed by atoms with van der Waals surface area (Å²) in [6.45, 7) is 0.821. The highest BCUT2D eigenvalue weighted by Crippen LogP contribution is 2.17. The first-order valence-corrected chi connectivity index (χ1v) is 7.15. The summed E-state index contributed by atoms with van der Waals surface area (Å²) in [6.07, 6.45) is 10.1. The Bertz CT molecular complexity index is 718. The molecule has 0 saturated heterocycles. The minimum absolute atomic E-state index is 0.690. The molecule has 0 amide bonds. The number of hydrogen-bond acceptors (Lipinski definition) is 5. The van der Waals surface area contributed by atoms with Crippen molar-refractivity contribution in [2.24, 2.45) is 0 Å². The summed E-state index contributed by atoms with van der Waals surface area (Å²) >= 11 is 0. The molecule has 0 aliphatic heterocycles. The maximum atomic E-state index is 4.42. The summed E-state index contributed by atoms with van der Waals surface area (Å²) in [6, 6.07) is 5.96. The van der Waals surface area contributed by atoms with Crippen LogP contribution in [-0.2, 0) is 13.0 Å². The van der Waals surface area contributed by atoms with Gasteiger partial charge >= 0.3 is 0 Å². The van der Waals surface area contributed by atoms with Crippen LogP contribution in [0.25, 0.3) is 11.4 Å². The van der Waals surface area contributed by atoms with E-state index in [9.17, 15) is 0 Å². The quantitative estimate of drug-likeness (QED) is 0.720. The number of hydrogen-bond donors (Lipinski definition) is 0. The van der Waals surface area contributed by atoms with Crippen LogP contribution in [0.15, 0.2) is 49.2 Å². The maximum absolute atomic E-state index is 4.42. The highest BCUT2D eigenvalue weighted by Gasteiger charge is 2.08. The van der Waals surface area contributed by atoms with E-state index in [0.717, 1.165) is 30.0 Å². The minimum Gasteiger partial charge on any atom is -0.347 e. The highest BCUT2D eigenvalue weighted by molar-refractivity contribution is 5.53. The number of anilines is 1. The van der Waals surface area contributed by atoms with Gasteiger partial charge in [-0.15, -0.1) is 0 Å². The van der Waals surface area contributed by atoms with Crippen LogP contribution in [0, 0.1) is 0 Å². The lowest BCUT2D eigenvalue weighted by Crippen LogP contribution is -2.12. The number of pyridine rings is 1. The molecule has 0 fully saturated rings. The topological polar surface area (TPSA) is 59.7 Å². The lowest BCUT2D eigenvalue weighted by atomic mass is 10.2. The Hall–Kier alpha value is -2.76. The summed E-state index contributed by atoms with van der Waals surface area (Å²) in [7, 11) is 3.84. The molecular formula is C16H18N6. The van der Waals surface area contributed by atoms with Crippen molar-refractivity contribution in [3.05, 3.63) is 54.9 Å². The summed E-state index contributed by atoms with van der Waals surface area (Å²) in [5.41, 5.74) is 1.98. The fourth-order valence-corrected chi connectivity index (χ4v) is 2.20. The van der Waals surface area contributed by atoms with Gasteiger partial charge in [-0.3, -0.25) is 4.98 Å². The fourth-order valence-electron chi connectivity index (χ4n) is 2.20. The number of aromatic nitrogens is 5. The highest BCUT2D eigenvalue weighted by atomic mass is 15.2. The lowest BCUT2D eigenvalue weighted by Gasteiger charge is -2.11. The van der Waals surface area contributed by atoms with Crippen LogP contribution in [0.2, 0.25) is 0 Å². The molecule has 0 radical (unpaired) electrons. The number of rotatable bonds is 5. The van der Waals surface area contributed by atoms with E-state index >= 15 is 0 Å². The predicted octanol–water partition coefficient (Wildman–Crippen LogP) is 2.04. The van der Waals surface area contributed by atoms with Crippen molar-refractivity contribution in [1.29, 1.82) is 0 Å². The second kappa shape index (κ2) is 6.34. The van der Waals surface area contributed by atoms with Crippen LogP contribution in [0.1, 0.15) is 5.69 Å². The molecule has 6 heteroatoms. The second-order valence-corrected chi connectivity index (χ2v) is 5.18. The van der Waals surface area contributed by atoms with Gasteiger partial charge in [-0.05, 0) is 12.1 Å². The van der Waals surface area contributed by atoms with Gasteiger partial charge in [0.1, 0.15) is 5.82 Å². The van der Waals surface area contributed by atoms with Gasteiger partial charge < -0.3 is 9.47 Å². The molecule has 3 rings (SSSR count). The molecule has 0 unspecified atom stereocenters. The first kappa shape index (κ1) is 14.2. The first-order valence-electron chi connectivity index (χ1n) is 7.15. The van der Waals surface area contributed by atoms with E-state index in [2.05, 4.69) is 24.5 Å². The van der Waals surface area contributed by atoms with E-state index in [0.29, 0.717) is 5.95 Å². The molecule has 0 bridgehead atoms. The Morgan fingerprint density at radius 3 is 2.50 bits per heavy atom. The van der Waals surface area contributed by atoms with Gasteiger partial charge in [-0.1, -0.05) is 6.07 Å². The summed E-state index contributed by atoms with van der Waals surface area (Å²) in [5.74, 6) is 1.57. The van der Waals surface area contributed by atoms with E-state index in [1.54, 1.807) is 6.20 Å². The van der Waals surface area contributed by atoms with Crippen molar-refractivity contribution in [1.82, 2.24) is 24.5 Å². The molecule has 3 aromatic rings. The Morgan fingerprint density at radius 2 is 1.82 bits per heavy atom. The summed E-state index contributed by atoms with van der Waals surface area (Å²) in [5, 5.41) is 0. The van der Waals surface area contributed by atoms with Gasteiger partial charge in [0.15, 0.2) is 0 Å². The molecule has 0 atom stereocenters. The van der Waals surface area contributed by atoms with E-state index in [-0.39, 0.29) is 0 Å². The summed E-state index contributed by atoms with van der Waals surface area (Å²) < 4.78 is 2.10. The van der Waals surface area contributed by atoms with E-state index in [4.69, 9.17) is 0 Å². The maximum Gasteiger partial charge on any atom is 0.224 e. The molecule has 0 spiro atoms. The Morgan fingerprint density at radius 1 is 1.00 bits per heavy atom.